The van der Waals surface area contributed by atoms with Crippen LogP contribution in [0.5, 0.6) is 0 Å². The summed E-state index contributed by atoms with van der Waals surface area (Å²) in [6.07, 6.45) is 2.14. The molecule has 0 saturated carbocycles. The number of piperazine rings is 1. The summed E-state index contributed by atoms with van der Waals surface area (Å²) in [5.74, 6) is 0.619. The summed E-state index contributed by atoms with van der Waals surface area (Å²) in [6, 6.07) is 9.51. The summed E-state index contributed by atoms with van der Waals surface area (Å²) in [5.41, 5.74) is 0.665. The Labute approximate surface area is 151 Å². The lowest BCUT2D eigenvalue weighted by Crippen LogP contribution is -2.48. The molecule has 1 aliphatic heterocycles. The number of nitrogens with one attached hydrogen (secondary N) is 1. The van der Waals surface area contributed by atoms with E-state index in [-0.39, 0.29) is 11.2 Å². The molecule has 1 N–H and O–H groups in total. The first kappa shape index (κ1) is 17.8. The summed E-state index contributed by atoms with van der Waals surface area (Å²) < 4.78 is 1.08. The number of halogens is 1. The zero-order valence-corrected chi connectivity index (χ0v) is 15.1. The van der Waals surface area contributed by atoms with Crippen LogP contribution in [0.3, 0.4) is 0 Å². The van der Waals surface area contributed by atoms with Gasteiger partial charge in [0.05, 0.1) is 0 Å². The van der Waals surface area contributed by atoms with Gasteiger partial charge in [-0.05, 0) is 37.1 Å². The second kappa shape index (κ2) is 7.89. The van der Waals surface area contributed by atoms with Gasteiger partial charge in [-0.25, -0.2) is 4.79 Å². The lowest BCUT2D eigenvalue weighted by molar-refractivity contribution is 0.254. The van der Waals surface area contributed by atoms with E-state index in [9.17, 15) is 9.59 Å². The third kappa shape index (κ3) is 4.52. The Morgan fingerprint density at radius 3 is 2.40 bits per heavy atom. The highest BCUT2D eigenvalue weighted by atomic mass is 35.5. The number of H-pyrrole nitrogens is 1. The van der Waals surface area contributed by atoms with Crippen LogP contribution < -0.4 is 16.1 Å². The normalized spacial score (nSPS) is 15.5. The van der Waals surface area contributed by atoms with Gasteiger partial charge in [0, 0.05) is 44.3 Å². The number of aromatic nitrogens is 2. The van der Waals surface area contributed by atoms with Crippen molar-refractivity contribution in [3.8, 4) is 0 Å². The minimum Gasteiger partial charge on any atom is -0.355 e. The van der Waals surface area contributed by atoms with Gasteiger partial charge in [-0.2, -0.15) is 0 Å². The quantitative estimate of drug-likeness (QED) is 0.875. The molecule has 0 amide bonds. The van der Waals surface area contributed by atoms with E-state index >= 15 is 0 Å². The highest BCUT2D eigenvalue weighted by Crippen LogP contribution is 2.13. The average molecular weight is 363 g/mol. The van der Waals surface area contributed by atoms with E-state index < -0.39 is 0 Å². The van der Waals surface area contributed by atoms with Gasteiger partial charge in [0.25, 0.3) is 5.56 Å². The molecule has 25 heavy (non-hydrogen) atoms. The van der Waals surface area contributed by atoms with Crippen LogP contribution in [-0.2, 0) is 13.5 Å². The summed E-state index contributed by atoms with van der Waals surface area (Å²) in [4.78, 5) is 30.8. The Bertz CT molecular complexity index is 789. The molecule has 134 valence electrons. The van der Waals surface area contributed by atoms with Crippen molar-refractivity contribution in [2.75, 3.05) is 37.6 Å². The summed E-state index contributed by atoms with van der Waals surface area (Å²) >= 11 is 5.90. The Morgan fingerprint density at radius 1 is 1.08 bits per heavy atom. The molecule has 0 bridgehead atoms. The zero-order chi connectivity index (χ0) is 17.8. The molecule has 1 aliphatic rings. The minimum absolute atomic E-state index is 0.274. The number of hydrogen-bond donors (Lipinski definition) is 1. The van der Waals surface area contributed by atoms with Crippen molar-refractivity contribution in [3.05, 3.63) is 61.8 Å². The SMILES string of the molecule is Cn1c(=O)cc(N2CCN(CCCc3ccc(Cl)cc3)CC2)[nH]c1=O. The largest absolute Gasteiger partial charge is 0.355 e. The van der Waals surface area contributed by atoms with Crippen molar-refractivity contribution < 1.29 is 0 Å². The van der Waals surface area contributed by atoms with E-state index in [2.05, 4.69) is 26.9 Å². The molecular weight excluding hydrogens is 340 g/mol. The van der Waals surface area contributed by atoms with Crippen molar-refractivity contribution >= 4 is 17.4 Å². The Morgan fingerprint density at radius 2 is 1.76 bits per heavy atom. The van der Waals surface area contributed by atoms with Crippen LogP contribution in [0.15, 0.2) is 39.9 Å². The van der Waals surface area contributed by atoms with Crippen LogP contribution in [-0.4, -0.2) is 47.2 Å². The van der Waals surface area contributed by atoms with Gasteiger partial charge in [0.15, 0.2) is 0 Å². The second-order valence-corrected chi connectivity index (χ2v) is 6.85. The fraction of sp³-hybridized carbons (Fsp3) is 0.444. The number of benzene rings is 1. The Hall–Kier alpha value is -2.05. The lowest BCUT2D eigenvalue weighted by Gasteiger charge is -2.35. The maximum absolute atomic E-state index is 11.8. The molecule has 6 nitrogen and oxygen atoms in total. The van der Waals surface area contributed by atoms with Gasteiger partial charge in [0.1, 0.15) is 5.82 Å². The fourth-order valence-electron chi connectivity index (χ4n) is 3.08. The van der Waals surface area contributed by atoms with E-state index in [4.69, 9.17) is 11.6 Å². The summed E-state index contributed by atoms with van der Waals surface area (Å²) in [6.45, 7) is 4.52. The molecule has 0 spiro atoms. The maximum atomic E-state index is 11.8. The van der Waals surface area contributed by atoms with Gasteiger partial charge in [0.2, 0.25) is 0 Å². The van der Waals surface area contributed by atoms with E-state index in [1.165, 1.54) is 18.7 Å². The predicted molar refractivity (Wildman–Crippen MR) is 101 cm³/mol. The monoisotopic (exact) mass is 362 g/mol. The zero-order valence-electron chi connectivity index (χ0n) is 14.4. The summed E-state index contributed by atoms with van der Waals surface area (Å²) in [5, 5.41) is 0.772. The van der Waals surface area contributed by atoms with Crippen molar-refractivity contribution in [2.45, 2.75) is 12.8 Å². The van der Waals surface area contributed by atoms with E-state index in [1.54, 1.807) is 0 Å². The van der Waals surface area contributed by atoms with E-state index in [0.29, 0.717) is 5.82 Å². The first-order valence-corrected chi connectivity index (χ1v) is 8.93. The fourth-order valence-corrected chi connectivity index (χ4v) is 3.21. The van der Waals surface area contributed by atoms with Crippen molar-refractivity contribution in [1.29, 1.82) is 0 Å². The molecule has 1 saturated heterocycles. The predicted octanol–water partition coefficient (Wildman–Crippen LogP) is 1.48. The molecule has 1 fully saturated rings. The molecule has 3 rings (SSSR count). The van der Waals surface area contributed by atoms with Gasteiger partial charge < -0.3 is 4.90 Å². The number of nitrogens with zero attached hydrogens (tertiary/aromatic N) is 3. The molecule has 1 aromatic heterocycles. The number of rotatable bonds is 5. The first-order valence-electron chi connectivity index (χ1n) is 8.55. The number of hydrogen-bond acceptors (Lipinski definition) is 4. The molecule has 0 radical (unpaired) electrons. The molecule has 2 aromatic rings. The minimum atomic E-state index is -0.368. The number of aryl methyl sites for hydroxylation is 1. The van der Waals surface area contributed by atoms with Gasteiger partial charge in [-0.3, -0.25) is 19.2 Å². The highest BCUT2D eigenvalue weighted by Gasteiger charge is 2.18. The standard InChI is InChI=1S/C18H23ClN4O2/c1-21-17(24)13-16(20-18(21)25)23-11-9-22(10-12-23)8-2-3-14-4-6-15(19)7-5-14/h4-7,13H,2-3,8-12H2,1H3,(H,20,25). The molecular formula is C18H23ClN4O2. The van der Waals surface area contributed by atoms with Crippen LogP contribution in [0, 0.1) is 0 Å². The van der Waals surface area contributed by atoms with Gasteiger partial charge in [-0.15, -0.1) is 0 Å². The van der Waals surface area contributed by atoms with Crippen LogP contribution >= 0.6 is 11.6 Å². The van der Waals surface area contributed by atoms with Crippen LogP contribution in [0.4, 0.5) is 5.82 Å². The van der Waals surface area contributed by atoms with Crippen molar-refractivity contribution in [3.63, 3.8) is 0 Å². The first-order chi connectivity index (χ1) is 12.0. The van der Waals surface area contributed by atoms with Gasteiger partial charge >= 0.3 is 5.69 Å². The lowest BCUT2D eigenvalue weighted by atomic mass is 10.1. The molecule has 1 aromatic carbocycles. The third-order valence-corrected chi connectivity index (χ3v) is 4.95. The van der Waals surface area contributed by atoms with Crippen molar-refractivity contribution in [1.82, 2.24) is 14.5 Å². The second-order valence-electron chi connectivity index (χ2n) is 6.42. The molecule has 0 aliphatic carbocycles. The van der Waals surface area contributed by atoms with E-state index in [0.717, 1.165) is 55.2 Å². The molecule has 0 unspecified atom stereocenters. The van der Waals surface area contributed by atoms with Crippen molar-refractivity contribution in [2.24, 2.45) is 7.05 Å². The molecule has 7 heteroatoms. The van der Waals surface area contributed by atoms with Crippen LogP contribution in [0.1, 0.15) is 12.0 Å². The Kier molecular flexibility index (Phi) is 5.60. The summed E-state index contributed by atoms with van der Waals surface area (Å²) in [7, 11) is 1.48. The topological polar surface area (TPSA) is 61.3 Å². The molecule has 0 atom stereocenters. The Balaban J connectivity index is 1.48. The number of aromatic amines is 1. The average Bonchev–Trinajstić information content (AvgIpc) is 2.61. The maximum Gasteiger partial charge on any atom is 0.329 e. The smallest absolute Gasteiger partial charge is 0.329 e. The van der Waals surface area contributed by atoms with Crippen LogP contribution in [0.2, 0.25) is 5.02 Å². The van der Waals surface area contributed by atoms with Crippen LogP contribution in [0.25, 0.3) is 0 Å². The van der Waals surface area contributed by atoms with Gasteiger partial charge in [-0.1, -0.05) is 23.7 Å². The third-order valence-electron chi connectivity index (χ3n) is 4.70. The molecule has 2 heterocycles. The highest BCUT2D eigenvalue weighted by molar-refractivity contribution is 6.30. The van der Waals surface area contributed by atoms with E-state index in [1.807, 2.05) is 12.1 Å². The number of anilines is 1.